The van der Waals surface area contributed by atoms with Crippen molar-refractivity contribution in [3.8, 4) is 16.9 Å². The van der Waals surface area contributed by atoms with Gasteiger partial charge in [-0.3, -0.25) is 14.3 Å². The third-order valence-electron chi connectivity index (χ3n) is 5.23. The molecule has 0 saturated heterocycles. The molecule has 0 radical (unpaired) electrons. The van der Waals surface area contributed by atoms with Gasteiger partial charge in [0.25, 0.3) is 10.0 Å². The molecule has 0 aliphatic carbocycles. The molecule has 0 saturated carbocycles. The van der Waals surface area contributed by atoms with Crippen LogP contribution in [0.5, 0.6) is 5.75 Å². The zero-order chi connectivity index (χ0) is 23.0. The van der Waals surface area contributed by atoms with E-state index in [-0.39, 0.29) is 35.4 Å². The molecule has 10 heteroatoms. The first-order valence-electron chi connectivity index (χ1n) is 9.90. The maximum Gasteiger partial charge on any atom is 0.262 e. The summed E-state index contributed by atoms with van der Waals surface area (Å²) in [5, 5.41) is 7.00. The van der Waals surface area contributed by atoms with Crippen molar-refractivity contribution in [2.24, 2.45) is 0 Å². The van der Waals surface area contributed by atoms with Gasteiger partial charge in [0.1, 0.15) is 11.6 Å². The van der Waals surface area contributed by atoms with Gasteiger partial charge in [0.15, 0.2) is 0 Å². The molecule has 1 aliphatic heterocycles. The van der Waals surface area contributed by atoms with E-state index in [1.165, 1.54) is 17.9 Å². The third-order valence-corrected chi connectivity index (χ3v) is 6.75. The number of sulfonamides is 1. The van der Waals surface area contributed by atoms with Crippen LogP contribution < -0.4 is 14.8 Å². The van der Waals surface area contributed by atoms with E-state index in [0.29, 0.717) is 33.8 Å². The van der Waals surface area contributed by atoms with Crippen LogP contribution in [-0.4, -0.2) is 37.1 Å². The molecule has 32 heavy (non-hydrogen) atoms. The molecule has 0 bridgehead atoms. The summed E-state index contributed by atoms with van der Waals surface area (Å²) < 4.78 is 35.1. The van der Waals surface area contributed by atoms with Crippen LogP contribution in [0.2, 0.25) is 0 Å². The summed E-state index contributed by atoms with van der Waals surface area (Å²) in [6, 6.07) is 11.5. The summed E-state index contributed by atoms with van der Waals surface area (Å²) >= 11 is 0. The zero-order valence-corrected chi connectivity index (χ0v) is 18.6. The molecule has 0 fully saturated rings. The van der Waals surface area contributed by atoms with Gasteiger partial charge < -0.3 is 10.1 Å². The molecule has 2 aromatic carbocycles. The van der Waals surface area contributed by atoms with Gasteiger partial charge in [-0.25, -0.2) is 8.42 Å². The highest BCUT2D eigenvalue weighted by molar-refractivity contribution is 7.92. The number of anilines is 2. The molecule has 9 nitrogen and oxygen atoms in total. The molecule has 1 aliphatic rings. The molecule has 2 N–H and O–H groups in total. The van der Waals surface area contributed by atoms with Gasteiger partial charge in [-0.1, -0.05) is 12.1 Å². The maximum absolute atomic E-state index is 13.1. The summed E-state index contributed by atoms with van der Waals surface area (Å²) in [5.74, 6) is 0.276. The Labute approximate surface area is 185 Å². The quantitative estimate of drug-likeness (QED) is 0.610. The van der Waals surface area contributed by atoms with Gasteiger partial charge in [-0.05, 0) is 55.3 Å². The molecule has 166 valence electrons. The van der Waals surface area contributed by atoms with E-state index in [0.717, 1.165) is 0 Å². The predicted molar refractivity (Wildman–Crippen MR) is 119 cm³/mol. The topological polar surface area (TPSA) is 119 Å². The summed E-state index contributed by atoms with van der Waals surface area (Å²) in [5.41, 5.74) is 2.48. The van der Waals surface area contributed by atoms with Gasteiger partial charge in [0, 0.05) is 24.1 Å². The van der Waals surface area contributed by atoms with Crippen molar-refractivity contribution in [3.63, 3.8) is 0 Å². The maximum atomic E-state index is 13.1. The van der Waals surface area contributed by atoms with Crippen LogP contribution in [0.4, 0.5) is 11.5 Å². The lowest BCUT2D eigenvalue weighted by molar-refractivity contribution is -0.116. The van der Waals surface area contributed by atoms with Crippen LogP contribution >= 0.6 is 0 Å². The minimum Gasteiger partial charge on any atom is -0.497 e. The number of carbonyl (C=O) groups is 2. The largest absolute Gasteiger partial charge is 0.497 e. The normalized spacial score (nSPS) is 13.8. The van der Waals surface area contributed by atoms with Crippen molar-refractivity contribution < 1.29 is 22.7 Å². The van der Waals surface area contributed by atoms with Crippen LogP contribution in [0.25, 0.3) is 11.1 Å². The van der Waals surface area contributed by atoms with Gasteiger partial charge in [-0.2, -0.15) is 9.78 Å². The Morgan fingerprint density at radius 1 is 1.06 bits per heavy atom. The fourth-order valence-electron chi connectivity index (χ4n) is 3.60. The first-order chi connectivity index (χ1) is 15.2. The van der Waals surface area contributed by atoms with Crippen molar-refractivity contribution in [2.75, 3.05) is 17.1 Å². The molecule has 4 rings (SSSR count). The van der Waals surface area contributed by atoms with Crippen LogP contribution in [-0.2, 0) is 14.8 Å². The van der Waals surface area contributed by atoms with Crippen molar-refractivity contribution in [3.05, 3.63) is 53.7 Å². The first-order valence-corrected chi connectivity index (χ1v) is 11.4. The molecule has 0 spiro atoms. The summed E-state index contributed by atoms with van der Waals surface area (Å²) in [7, 11) is -2.38. The number of nitrogens with zero attached hydrogens (tertiary/aromatic N) is 2. The van der Waals surface area contributed by atoms with Crippen LogP contribution in [0, 0.1) is 13.8 Å². The summed E-state index contributed by atoms with van der Waals surface area (Å²) in [6.07, 6.45) is 0.124. The standard InChI is InChI=1S/C22H22N4O5S/c1-13-4-5-15(21-14(2)24-26-20(28)11-10-19(27)23-22(21)26)12-18(13)32(29,30)25-16-6-8-17(31-3)9-7-16/h4-9,12,25H,10-11H2,1-3H3,(H,23,27). The Balaban J connectivity index is 1.77. The molecule has 3 aromatic rings. The Bertz CT molecular complexity index is 1330. The zero-order valence-electron chi connectivity index (χ0n) is 17.8. The fourth-order valence-corrected chi connectivity index (χ4v) is 4.93. The van der Waals surface area contributed by atoms with E-state index >= 15 is 0 Å². The molecular formula is C22H22N4O5S. The van der Waals surface area contributed by atoms with Gasteiger partial charge in [0.05, 0.1) is 17.7 Å². The van der Waals surface area contributed by atoms with Crippen molar-refractivity contribution in [1.29, 1.82) is 0 Å². The number of hydrogen-bond acceptors (Lipinski definition) is 6. The molecule has 0 atom stereocenters. The van der Waals surface area contributed by atoms with E-state index < -0.39 is 10.0 Å². The number of aryl methyl sites for hydroxylation is 2. The van der Waals surface area contributed by atoms with Crippen LogP contribution in [0.3, 0.4) is 0 Å². The second kappa shape index (κ2) is 8.12. The number of ether oxygens (including phenoxy) is 1. The minimum atomic E-state index is -3.91. The number of benzene rings is 2. The first kappa shape index (κ1) is 21.6. The van der Waals surface area contributed by atoms with Crippen LogP contribution in [0.1, 0.15) is 28.9 Å². The summed E-state index contributed by atoms with van der Waals surface area (Å²) in [6.45, 7) is 3.41. The SMILES string of the molecule is COc1ccc(NS(=O)(=O)c2cc(-c3c(C)nn4c3NC(=O)CCC4=O)ccc2C)cc1. The Morgan fingerprint density at radius 3 is 2.47 bits per heavy atom. The number of aromatic nitrogens is 2. The van der Waals surface area contributed by atoms with Gasteiger partial charge in [0.2, 0.25) is 11.8 Å². The minimum absolute atomic E-state index is 0.0543. The molecule has 0 unspecified atom stereocenters. The fraction of sp³-hybridized carbons (Fsp3) is 0.227. The number of hydrogen-bond donors (Lipinski definition) is 2. The van der Waals surface area contributed by atoms with E-state index in [2.05, 4.69) is 15.1 Å². The number of carbonyl (C=O) groups excluding carboxylic acids is 2. The molecular weight excluding hydrogens is 432 g/mol. The summed E-state index contributed by atoms with van der Waals surface area (Å²) in [4.78, 5) is 24.5. The van der Waals surface area contributed by atoms with Gasteiger partial charge >= 0.3 is 0 Å². The van der Waals surface area contributed by atoms with E-state index in [4.69, 9.17) is 4.74 Å². The highest BCUT2D eigenvalue weighted by atomic mass is 32.2. The number of rotatable bonds is 5. The van der Waals surface area contributed by atoms with Crippen molar-refractivity contribution in [2.45, 2.75) is 31.6 Å². The predicted octanol–water partition coefficient (Wildman–Crippen LogP) is 3.35. The number of fused-ring (bicyclic) bond motifs is 1. The lowest BCUT2D eigenvalue weighted by atomic mass is 10.0. The molecule has 1 amide bonds. The second-order valence-electron chi connectivity index (χ2n) is 7.48. The monoisotopic (exact) mass is 454 g/mol. The second-order valence-corrected chi connectivity index (χ2v) is 9.13. The number of nitrogens with one attached hydrogen (secondary N) is 2. The lowest BCUT2D eigenvalue weighted by Crippen LogP contribution is -2.15. The third kappa shape index (κ3) is 3.96. The van der Waals surface area contributed by atoms with Gasteiger partial charge in [-0.15, -0.1) is 0 Å². The Kier molecular flexibility index (Phi) is 5.47. The smallest absolute Gasteiger partial charge is 0.262 e. The Morgan fingerprint density at radius 2 is 1.78 bits per heavy atom. The highest BCUT2D eigenvalue weighted by Crippen LogP contribution is 2.35. The van der Waals surface area contributed by atoms with E-state index in [1.807, 2.05) is 0 Å². The molecule has 2 heterocycles. The highest BCUT2D eigenvalue weighted by Gasteiger charge is 2.27. The number of amides is 1. The molecule has 1 aromatic heterocycles. The Hall–Kier alpha value is -3.66. The lowest BCUT2D eigenvalue weighted by Gasteiger charge is -2.13. The van der Waals surface area contributed by atoms with Crippen LogP contribution in [0.15, 0.2) is 47.4 Å². The van der Waals surface area contributed by atoms with Crippen molar-refractivity contribution in [1.82, 2.24) is 9.78 Å². The average molecular weight is 455 g/mol. The van der Waals surface area contributed by atoms with E-state index in [9.17, 15) is 18.0 Å². The van der Waals surface area contributed by atoms with Crippen molar-refractivity contribution >= 4 is 33.3 Å². The van der Waals surface area contributed by atoms with E-state index in [1.54, 1.807) is 50.2 Å². The average Bonchev–Trinajstić information content (AvgIpc) is 3.01. The number of methoxy groups -OCH3 is 1.